The van der Waals surface area contributed by atoms with Gasteiger partial charge < -0.3 is 19.3 Å². The summed E-state index contributed by atoms with van der Waals surface area (Å²) in [5.74, 6) is -7.83. The average Bonchev–Trinajstić information content (AvgIpc) is 3.00. The first-order valence-corrected chi connectivity index (χ1v) is 12.2. The van der Waals surface area contributed by atoms with Crippen LogP contribution in [0.5, 0.6) is 5.75 Å². The quantitative estimate of drug-likeness (QED) is 0.178. The SMILES string of the molecule is COc1ccc(C(=O)NNC(=O)[C@@H](OC(=O)c2cccc(C(F)(F)F)c2)[C@@H](OC(=O)c2cccc(C(F)(F)F)c2)C(=O)O)cc1. The van der Waals surface area contributed by atoms with Crippen molar-refractivity contribution in [2.45, 2.75) is 24.6 Å². The Morgan fingerprint density at radius 1 is 0.667 bits per heavy atom. The fourth-order valence-corrected chi connectivity index (χ4v) is 3.51. The lowest BCUT2D eigenvalue weighted by Gasteiger charge is -2.24. The molecule has 45 heavy (non-hydrogen) atoms. The van der Waals surface area contributed by atoms with Gasteiger partial charge in [-0.25, -0.2) is 14.4 Å². The third kappa shape index (κ3) is 8.94. The Balaban J connectivity index is 1.92. The highest BCUT2D eigenvalue weighted by molar-refractivity contribution is 5.99. The van der Waals surface area contributed by atoms with Crippen molar-refractivity contribution in [1.82, 2.24) is 10.9 Å². The third-order valence-electron chi connectivity index (χ3n) is 5.75. The minimum absolute atomic E-state index is 0.0561. The summed E-state index contributed by atoms with van der Waals surface area (Å²) in [5.41, 5.74) is -0.663. The van der Waals surface area contributed by atoms with Gasteiger partial charge in [0.05, 0.1) is 29.4 Å². The molecule has 2 atom stereocenters. The lowest BCUT2D eigenvalue weighted by molar-refractivity contribution is -0.159. The van der Waals surface area contributed by atoms with Crippen LogP contribution in [0.15, 0.2) is 72.8 Å². The number of methoxy groups -OCH3 is 1. The summed E-state index contributed by atoms with van der Waals surface area (Å²) in [7, 11) is 1.36. The first-order valence-electron chi connectivity index (χ1n) is 12.2. The van der Waals surface area contributed by atoms with Crippen molar-refractivity contribution in [3.8, 4) is 5.75 Å². The van der Waals surface area contributed by atoms with E-state index in [1.165, 1.54) is 31.4 Å². The van der Waals surface area contributed by atoms with Gasteiger partial charge in [0.25, 0.3) is 11.8 Å². The molecule has 2 amide bonds. The fourth-order valence-electron chi connectivity index (χ4n) is 3.51. The van der Waals surface area contributed by atoms with Crippen LogP contribution in [0.1, 0.15) is 42.2 Å². The van der Waals surface area contributed by atoms with Crippen LogP contribution in [0.25, 0.3) is 0 Å². The predicted octanol–water partition coefficient (Wildman–Crippen LogP) is 4.03. The highest BCUT2D eigenvalue weighted by atomic mass is 19.4. The molecule has 0 spiro atoms. The number of halogens is 6. The molecule has 0 radical (unpaired) electrons. The van der Waals surface area contributed by atoms with Crippen molar-refractivity contribution < 1.29 is 69.6 Å². The number of hydrogen-bond donors (Lipinski definition) is 3. The maximum absolute atomic E-state index is 13.2. The van der Waals surface area contributed by atoms with E-state index >= 15 is 0 Å². The Bertz CT molecular complexity index is 1590. The van der Waals surface area contributed by atoms with Gasteiger partial charge in [-0.1, -0.05) is 12.1 Å². The minimum atomic E-state index is -4.91. The Labute approximate surface area is 248 Å². The number of rotatable bonds is 9. The number of amides is 2. The number of ether oxygens (including phenoxy) is 3. The molecule has 0 saturated carbocycles. The number of aliphatic carboxylic acids is 1. The second kappa shape index (κ2) is 13.8. The number of hydrogen-bond acceptors (Lipinski definition) is 8. The number of alkyl halides is 6. The molecule has 0 aromatic heterocycles. The first-order chi connectivity index (χ1) is 21.0. The Morgan fingerprint density at radius 3 is 1.56 bits per heavy atom. The summed E-state index contributed by atoms with van der Waals surface area (Å²) in [5, 5.41) is 9.73. The van der Waals surface area contributed by atoms with Crippen LogP contribution < -0.4 is 15.6 Å². The molecule has 0 aliphatic heterocycles. The van der Waals surface area contributed by atoms with Gasteiger partial charge in [0.15, 0.2) is 0 Å². The molecule has 0 bridgehead atoms. The van der Waals surface area contributed by atoms with Crippen molar-refractivity contribution >= 4 is 29.7 Å². The normalized spacial score (nSPS) is 12.7. The van der Waals surface area contributed by atoms with E-state index in [0.29, 0.717) is 30.0 Å². The number of nitrogens with one attached hydrogen (secondary N) is 2. The molecule has 3 rings (SSSR count). The molecule has 11 nitrogen and oxygen atoms in total. The largest absolute Gasteiger partial charge is 0.497 e. The molecule has 3 aromatic rings. The Morgan fingerprint density at radius 2 is 1.13 bits per heavy atom. The van der Waals surface area contributed by atoms with Gasteiger partial charge in [0.1, 0.15) is 5.75 Å². The summed E-state index contributed by atoms with van der Waals surface area (Å²) >= 11 is 0. The standard InChI is InChI=1S/C28H20F6N2O9/c1-43-19-10-8-14(9-11-19)22(37)35-36-23(38)20(44-25(41)15-4-2-6-17(12-15)27(29,30)31)21(24(39)40)45-26(42)16-5-3-7-18(13-16)28(32,33)34/h2-13,20-21H,1H3,(H,35,37)(H,36,38)(H,39,40)/t20-,21+/m0/s1. The van der Waals surface area contributed by atoms with Crippen LogP contribution in [0, 0.1) is 0 Å². The lowest BCUT2D eigenvalue weighted by atomic mass is 10.1. The summed E-state index contributed by atoms with van der Waals surface area (Å²) in [4.78, 5) is 63.0. The molecule has 3 aromatic carbocycles. The van der Waals surface area contributed by atoms with Crippen LogP contribution in [0.3, 0.4) is 0 Å². The fraction of sp³-hybridized carbons (Fsp3) is 0.179. The van der Waals surface area contributed by atoms with Crippen molar-refractivity contribution in [2.75, 3.05) is 7.11 Å². The monoisotopic (exact) mass is 642 g/mol. The Hall–Kier alpha value is -5.61. The van der Waals surface area contributed by atoms with E-state index in [-0.39, 0.29) is 5.56 Å². The number of benzene rings is 3. The van der Waals surface area contributed by atoms with Crippen LogP contribution in [0.2, 0.25) is 0 Å². The number of hydrazine groups is 1. The zero-order valence-corrected chi connectivity index (χ0v) is 22.6. The van der Waals surface area contributed by atoms with E-state index < -0.39 is 76.5 Å². The molecule has 0 fully saturated rings. The second-order valence-corrected chi connectivity index (χ2v) is 8.82. The highest BCUT2D eigenvalue weighted by Crippen LogP contribution is 2.31. The zero-order valence-electron chi connectivity index (χ0n) is 22.6. The molecular formula is C28H20F6N2O9. The predicted molar refractivity (Wildman–Crippen MR) is 138 cm³/mol. The summed E-state index contributed by atoms with van der Waals surface area (Å²) in [6.45, 7) is 0. The third-order valence-corrected chi connectivity index (χ3v) is 5.75. The van der Waals surface area contributed by atoms with E-state index in [9.17, 15) is 55.4 Å². The smallest absolute Gasteiger partial charge is 0.416 e. The topological polar surface area (TPSA) is 157 Å². The van der Waals surface area contributed by atoms with Gasteiger partial charge in [-0.2, -0.15) is 26.3 Å². The second-order valence-electron chi connectivity index (χ2n) is 8.82. The number of esters is 2. The van der Waals surface area contributed by atoms with Gasteiger partial charge >= 0.3 is 30.3 Å². The molecule has 0 unspecified atom stereocenters. The van der Waals surface area contributed by atoms with E-state index in [2.05, 4.69) is 0 Å². The van der Waals surface area contributed by atoms with Crippen molar-refractivity contribution in [2.24, 2.45) is 0 Å². The van der Waals surface area contributed by atoms with E-state index in [0.717, 1.165) is 24.3 Å². The van der Waals surface area contributed by atoms with E-state index in [1.54, 1.807) is 5.43 Å². The first kappa shape index (κ1) is 33.9. The van der Waals surface area contributed by atoms with Crippen molar-refractivity contribution in [1.29, 1.82) is 0 Å². The summed E-state index contributed by atoms with van der Waals surface area (Å²) in [6.07, 6.45) is -15.3. The number of carboxylic acid groups (broad SMARTS) is 1. The number of carbonyl (C=O) groups excluding carboxylic acids is 4. The maximum atomic E-state index is 13.2. The van der Waals surface area contributed by atoms with Crippen LogP contribution in [-0.2, 0) is 31.4 Å². The molecule has 3 N–H and O–H groups in total. The molecule has 0 aliphatic rings. The summed E-state index contributed by atoms with van der Waals surface area (Å²) in [6, 6.07) is 10.4. The van der Waals surface area contributed by atoms with Crippen molar-refractivity contribution in [3.63, 3.8) is 0 Å². The van der Waals surface area contributed by atoms with Crippen LogP contribution in [0.4, 0.5) is 26.3 Å². The van der Waals surface area contributed by atoms with Crippen LogP contribution >= 0.6 is 0 Å². The van der Waals surface area contributed by atoms with Gasteiger partial charge in [-0.3, -0.25) is 20.4 Å². The molecule has 0 saturated heterocycles. The molecular weight excluding hydrogens is 622 g/mol. The number of carbonyl (C=O) groups is 5. The molecule has 17 heteroatoms. The zero-order chi connectivity index (χ0) is 33.5. The molecule has 0 heterocycles. The average molecular weight is 642 g/mol. The molecule has 238 valence electrons. The van der Waals surface area contributed by atoms with Gasteiger partial charge in [0.2, 0.25) is 12.2 Å². The van der Waals surface area contributed by atoms with Gasteiger partial charge in [-0.15, -0.1) is 0 Å². The van der Waals surface area contributed by atoms with Gasteiger partial charge in [-0.05, 0) is 60.7 Å². The maximum Gasteiger partial charge on any atom is 0.416 e. The molecule has 0 aliphatic carbocycles. The lowest BCUT2D eigenvalue weighted by Crippen LogP contribution is -2.54. The number of carboxylic acids is 1. The summed E-state index contributed by atoms with van der Waals surface area (Å²) < 4.78 is 93.3. The van der Waals surface area contributed by atoms with E-state index in [4.69, 9.17) is 14.2 Å². The van der Waals surface area contributed by atoms with Crippen LogP contribution in [-0.4, -0.2) is 54.1 Å². The van der Waals surface area contributed by atoms with Crippen molar-refractivity contribution in [3.05, 3.63) is 101 Å². The van der Waals surface area contributed by atoms with E-state index in [1.807, 2.05) is 5.43 Å². The Kier molecular flexibility index (Phi) is 10.4. The minimum Gasteiger partial charge on any atom is -0.497 e. The van der Waals surface area contributed by atoms with Gasteiger partial charge in [0, 0.05) is 5.56 Å². The highest BCUT2D eigenvalue weighted by Gasteiger charge is 2.42.